The summed E-state index contributed by atoms with van der Waals surface area (Å²) in [5.41, 5.74) is 1.23. The Balaban J connectivity index is 2.28. The highest BCUT2D eigenvalue weighted by Crippen LogP contribution is 2.26. The average Bonchev–Trinajstić information content (AvgIpc) is 2.54. The van der Waals surface area contributed by atoms with Crippen LogP contribution in [0.25, 0.3) is 0 Å². The molecule has 0 aliphatic heterocycles. The Morgan fingerprint density at radius 1 is 1.12 bits per heavy atom. The lowest BCUT2D eigenvalue weighted by molar-refractivity contribution is 0.0939. The molecular formula is C17H18Br2N2O3S. The smallest absolute Gasteiger partial charge is 0.251 e. The third kappa shape index (κ3) is 4.69. The molecule has 1 unspecified atom stereocenters. The minimum absolute atomic E-state index is 0.0558. The number of hydrogen-bond donors (Lipinski definition) is 1. The molecule has 0 spiro atoms. The fraction of sp³-hybridized carbons (Fsp3) is 0.235. The van der Waals surface area contributed by atoms with E-state index in [1.54, 1.807) is 12.1 Å². The maximum absolute atomic E-state index is 12.5. The Labute approximate surface area is 164 Å². The van der Waals surface area contributed by atoms with E-state index < -0.39 is 10.0 Å². The molecule has 0 saturated carbocycles. The number of carbonyl (C=O) groups is 1. The van der Waals surface area contributed by atoms with Crippen LogP contribution in [0, 0.1) is 0 Å². The molecule has 0 radical (unpaired) electrons. The van der Waals surface area contributed by atoms with Crippen molar-refractivity contribution in [3.05, 3.63) is 62.5 Å². The highest BCUT2D eigenvalue weighted by Gasteiger charge is 2.22. The summed E-state index contributed by atoms with van der Waals surface area (Å²) in [4.78, 5) is 12.6. The average molecular weight is 490 g/mol. The lowest BCUT2D eigenvalue weighted by atomic mass is 10.1. The number of nitrogens with one attached hydrogen (secondary N) is 1. The van der Waals surface area contributed by atoms with Crippen molar-refractivity contribution in [1.82, 2.24) is 9.62 Å². The molecule has 2 aromatic rings. The van der Waals surface area contributed by atoms with Crippen molar-refractivity contribution >= 4 is 47.8 Å². The van der Waals surface area contributed by atoms with E-state index in [0.717, 1.165) is 14.3 Å². The van der Waals surface area contributed by atoms with Crippen molar-refractivity contribution in [3.8, 4) is 0 Å². The van der Waals surface area contributed by atoms with Gasteiger partial charge < -0.3 is 5.32 Å². The van der Waals surface area contributed by atoms with Crippen LogP contribution in [0.4, 0.5) is 0 Å². The van der Waals surface area contributed by atoms with Crippen LogP contribution in [0.1, 0.15) is 28.9 Å². The van der Waals surface area contributed by atoms with Gasteiger partial charge in [0.1, 0.15) is 0 Å². The quantitative estimate of drug-likeness (QED) is 0.691. The molecule has 25 heavy (non-hydrogen) atoms. The third-order valence-corrected chi connectivity index (χ3v) is 6.95. The standard InChI is InChI=1S/C17H18Br2N2O3S/c1-11(12-5-4-6-14(18)9-12)20-17(22)13-7-8-15(19)16(10-13)25(23,24)21(2)3/h4-11H,1-3H3,(H,20,22). The predicted octanol–water partition coefficient (Wildman–Crippen LogP) is 3.95. The molecule has 5 nitrogen and oxygen atoms in total. The third-order valence-electron chi connectivity index (χ3n) is 3.65. The summed E-state index contributed by atoms with van der Waals surface area (Å²) in [6.45, 7) is 1.87. The van der Waals surface area contributed by atoms with E-state index in [1.807, 2.05) is 31.2 Å². The van der Waals surface area contributed by atoms with Gasteiger partial charge in [-0.3, -0.25) is 4.79 Å². The van der Waals surface area contributed by atoms with Crippen molar-refractivity contribution in [1.29, 1.82) is 0 Å². The Bertz CT molecular complexity index is 899. The molecule has 0 aliphatic rings. The molecule has 0 aliphatic carbocycles. The zero-order valence-electron chi connectivity index (χ0n) is 14.0. The Morgan fingerprint density at radius 2 is 1.80 bits per heavy atom. The largest absolute Gasteiger partial charge is 0.346 e. The van der Waals surface area contributed by atoms with Crippen LogP contribution in [0.2, 0.25) is 0 Å². The summed E-state index contributed by atoms with van der Waals surface area (Å²) in [6, 6.07) is 11.9. The normalized spacial score (nSPS) is 12.9. The summed E-state index contributed by atoms with van der Waals surface area (Å²) in [5.74, 6) is -0.338. The minimum atomic E-state index is -3.65. The van der Waals surface area contributed by atoms with E-state index >= 15 is 0 Å². The number of benzene rings is 2. The van der Waals surface area contributed by atoms with E-state index in [2.05, 4.69) is 37.2 Å². The van der Waals surface area contributed by atoms with Crippen molar-refractivity contribution in [2.75, 3.05) is 14.1 Å². The van der Waals surface area contributed by atoms with Gasteiger partial charge in [0.05, 0.1) is 10.9 Å². The SMILES string of the molecule is CC(NC(=O)c1ccc(Br)c(S(=O)(=O)N(C)C)c1)c1cccc(Br)c1. The van der Waals surface area contributed by atoms with Gasteiger partial charge in [-0.2, -0.15) is 0 Å². The molecule has 2 rings (SSSR count). The van der Waals surface area contributed by atoms with Crippen molar-refractivity contribution in [2.45, 2.75) is 17.9 Å². The van der Waals surface area contributed by atoms with Crippen molar-refractivity contribution in [3.63, 3.8) is 0 Å². The Kier molecular flexibility index (Phi) is 6.42. The Hall–Kier alpha value is -1.22. The van der Waals surface area contributed by atoms with Gasteiger partial charge in [-0.05, 0) is 58.7 Å². The molecule has 134 valence electrons. The molecule has 1 amide bonds. The number of sulfonamides is 1. The van der Waals surface area contributed by atoms with E-state index in [4.69, 9.17) is 0 Å². The lowest BCUT2D eigenvalue weighted by Crippen LogP contribution is -2.27. The summed E-state index contributed by atoms with van der Waals surface area (Å²) in [6.07, 6.45) is 0. The zero-order chi connectivity index (χ0) is 18.8. The topological polar surface area (TPSA) is 66.5 Å². The second kappa shape index (κ2) is 7.99. The molecule has 0 fully saturated rings. The zero-order valence-corrected chi connectivity index (χ0v) is 17.9. The molecule has 0 aromatic heterocycles. The minimum Gasteiger partial charge on any atom is -0.346 e. The van der Waals surface area contributed by atoms with Crippen LogP contribution >= 0.6 is 31.9 Å². The highest BCUT2D eigenvalue weighted by atomic mass is 79.9. The van der Waals surface area contributed by atoms with E-state index in [1.165, 1.54) is 20.2 Å². The first-order chi connectivity index (χ1) is 11.6. The van der Waals surface area contributed by atoms with Crippen LogP contribution in [0.5, 0.6) is 0 Å². The Morgan fingerprint density at radius 3 is 2.40 bits per heavy atom. The predicted molar refractivity (Wildman–Crippen MR) is 105 cm³/mol. The maximum atomic E-state index is 12.5. The first kappa shape index (κ1) is 20.1. The summed E-state index contributed by atoms with van der Waals surface area (Å²) in [5, 5.41) is 2.88. The molecular weight excluding hydrogens is 472 g/mol. The number of nitrogens with zero attached hydrogens (tertiary/aromatic N) is 1. The van der Waals surface area contributed by atoms with E-state index in [-0.39, 0.29) is 22.4 Å². The molecule has 2 aromatic carbocycles. The summed E-state index contributed by atoms with van der Waals surface area (Å²) in [7, 11) is -0.753. The van der Waals surface area contributed by atoms with Crippen molar-refractivity contribution in [2.24, 2.45) is 0 Å². The molecule has 0 bridgehead atoms. The first-order valence-corrected chi connectivity index (χ1v) is 10.4. The van der Waals surface area contributed by atoms with Gasteiger partial charge in [-0.15, -0.1) is 0 Å². The van der Waals surface area contributed by atoms with Gasteiger partial charge in [0.2, 0.25) is 10.0 Å². The lowest BCUT2D eigenvalue weighted by Gasteiger charge is -2.16. The van der Waals surface area contributed by atoms with Crippen LogP contribution in [-0.4, -0.2) is 32.7 Å². The van der Waals surface area contributed by atoms with Gasteiger partial charge in [-0.1, -0.05) is 28.1 Å². The van der Waals surface area contributed by atoms with Crippen LogP contribution < -0.4 is 5.32 Å². The van der Waals surface area contributed by atoms with Crippen LogP contribution in [0.3, 0.4) is 0 Å². The number of amides is 1. The molecule has 0 heterocycles. The first-order valence-electron chi connectivity index (χ1n) is 7.41. The number of rotatable bonds is 5. The summed E-state index contributed by atoms with van der Waals surface area (Å²) < 4.78 is 27.2. The van der Waals surface area contributed by atoms with Crippen LogP contribution in [-0.2, 0) is 10.0 Å². The molecule has 1 atom stereocenters. The van der Waals surface area contributed by atoms with Crippen molar-refractivity contribution < 1.29 is 13.2 Å². The number of carbonyl (C=O) groups excluding carboxylic acids is 1. The fourth-order valence-electron chi connectivity index (χ4n) is 2.18. The molecule has 8 heteroatoms. The molecule has 0 saturated heterocycles. The number of hydrogen-bond acceptors (Lipinski definition) is 3. The molecule has 1 N–H and O–H groups in total. The van der Waals surface area contributed by atoms with Crippen LogP contribution in [0.15, 0.2) is 56.3 Å². The van der Waals surface area contributed by atoms with E-state index in [0.29, 0.717) is 4.47 Å². The number of halogens is 2. The highest BCUT2D eigenvalue weighted by molar-refractivity contribution is 9.10. The van der Waals surface area contributed by atoms with Gasteiger partial charge in [-0.25, -0.2) is 12.7 Å². The van der Waals surface area contributed by atoms with E-state index in [9.17, 15) is 13.2 Å². The van der Waals surface area contributed by atoms with Gasteiger partial charge in [0, 0.05) is 28.6 Å². The second-order valence-corrected chi connectivity index (χ2v) is 9.57. The monoisotopic (exact) mass is 488 g/mol. The van der Waals surface area contributed by atoms with Gasteiger partial charge >= 0.3 is 0 Å². The maximum Gasteiger partial charge on any atom is 0.251 e. The van der Waals surface area contributed by atoms with Gasteiger partial charge in [0.25, 0.3) is 5.91 Å². The fourth-order valence-corrected chi connectivity index (χ4v) is 4.44. The van der Waals surface area contributed by atoms with Gasteiger partial charge in [0.15, 0.2) is 0 Å². The second-order valence-electron chi connectivity index (χ2n) is 5.68. The summed E-state index contributed by atoms with van der Waals surface area (Å²) >= 11 is 6.64.